The molecule has 0 bridgehead atoms. The Kier molecular flexibility index (Phi) is 11.9. The van der Waals surface area contributed by atoms with Gasteiger partial charge in [0.25, 0.3) is 0 Å². The Balaban J connectivity index is 0.00000288. The van der Waals surface area contributed by atoms with Gasteiger partial charge in [-0.15, -0.1) is 35.7 Å². The number of thioether (sulfide) groups is 1. The minimum atomic E-state index is 0. The van der Waals surface area contributed by atoms with Crippen LogP contribution >= 0.6 is 47.3 Å². The monoisotopic (exact) mass is 484 g/mol. The lowest BCUT2D eigenvalue weighted by molar-refractivity contribution is 0.0377. The Hall–Kier alpha value is -0.220. The minimum Gasteiger partial charge on any atom is -0.379 e. The molecule has 1 aromatic rings. The summed E-state index contributed by atoms with van der Waals surface area (Å²) in [7, 11) is 0. The molecule has 0 aromatic heterocycles. The highest BCUT2D eigenvalue weighted by Crippen LogP contribution is 2.19. The summed E-state index contributed by atoms with van der Waals surface area (Å²) in [6, 6.07) is 7.86. The molecule has 0 radical (unpaired) electrons. The van der Waals surface area contributed by atoms with Crippen molar-refractivity contribution in [1.29, 1.82) is 0 Å². The van der Waals surface area contributed by atoms with Gasteiger partial charge in [0.05, 0.1) is 13.2 Å². The van der Waals surface area contributed by atoms with E-state index in [4.69, 9.17) is 22.1 Å². The van der Waals surface area contributed by atoms with Crippen LogP contribution in [0.4, 0.5) is 0 Å². The highest BCUT2D eigenvalue weighted by Gasteiger charge is 2.08. The molecule has 0 saturated carbocycles. The highest BCUT2D eigenvalue weighted by molar-refractivity contribution is 14.0. The molecule has 0 atom stereocenters. The number of ether oxygens (including phenoxy) is 1. The number of rotatable bonds is 8. The number of hydrogen-bond donors (Lipinski definition) is 2. The van der Waals surface area contributed by atoms with Crippen LogP contribution in [-0.4, -0.2) is 62.5 Å². The standard InChI is InChI=1S/C16H25ClN4OS.HI/c17-14-2-4-15(5-3-14)23-13-7-20-16(18)19-6-1-8-21-9-11-22-12-10-21;/h2-5H,1,6-13H2,(H3,18,19,20);1H. The van der Waals surface area contributed by atoms with Crippen molar-refractivity contribution in [3.63, 3.8) is 0 Å². The Bertz CT molecular complexity index is 483. The number of guanidine groups is 1. The van der Waals surface area contributed by atoms with Gasteiger partial charge in [-0.3, -0.25) is 9.89 Å². The van der Waals surface area contributed by atoms with Crippen LogP contribution < -0.4 is 11.1 Å². The number of nitrogens with one attached hydrogen (secondary N) is 1. The van der Waals surface area contributed by atoms with Gasteiger partial charge in [-0.2, -0.15) is 0 Å². The summed E-state index contributed by atoms with van der Waals surface area (Å²) in [6.07, 6.45) is 1.03. The number of benzene rings is 1. The maximum atomic E-state index is 5.87. The van der Waals surface area contributed by atoms with Crippen molar-refractivity contribution in [2.45, 2.75) is 11.3 Å². The van der Waals surface area contributed by atoms with Gasteiger partial charge in [-0.1, -0.05) is 11.6 Å². The summed E-state index contributed by atoms with van der Waals surface area (Å²) in [5.41, 5.74) is 5.87. The van der Waals surface area contributed by atoms with E-state index in [0.29, 0.717) is 5.96 Å². The summed E-state index contributed by atoms with van der Waals surface area (Å²) in [6.45, 7) is 6.37. The third-order valence-electron chi connectivity index (χ3n) is 3.51. The molecule has 1 saturated heterocycles. The Morgan fingerprint density at radius 3 is 2.71 bits per heavy atom. The summed E-state index contributed by atoms with van der Waals surface area (Å²) >= 11 is 7.63. The summed E-state index contributed by atoms with van der Waals surface area (Å²) in [4.78, 5) is 7.98. The zero-order valence-electron chi connectivity index (χ0n) is 13.7. The minimum absolute atomic E-state index is 0. The van der Waals surface area contributed by atoms with E-state index in [-0.39, 0.29) is 24.0 Å². The Morgan fingerprint density at radius 2 is 2.00 bits per heavy atom. The molecule has 136 valence electrons. The lowest BCUT2D eigenvalue weighted by atomic mass is 10.3. The van der Waals surface area contributed by atoms with Crippen LogP contribution in [0.25, 0.3) is 0 Å². The van der Waals surface area contributed by atoms with Gasteiger partial charge in [0.2, 0.25) is 0 Å². The Labute approximate surface area is 170 Å². The maximum absolute atomic E-state index is 5.87. The predicted octanol–water partition coefficient (Wildman–Crippen LogP) is 2.68. The van der Waals surface area contributed by atoms with Gasteiger partial charge in [0.1, 0.15) is 0 Å². The molecule has 1 aliphatic rings. The molecule has 0 unspecified atom stereocenters. The van der Waals surface area contributed by atoms with E-state index in [1.165, 1.54) is 4.90 Å². The van der Waals surface area contributed by atoms with Crippen LogP contribution in [0.3, 0.4) is 0 Å². The van der Waals surface area contributed by atoms with Gasteiger partial charge >= 0.3 is 0 Å². The number of halogens is 2. The molecule has 3 N–H and O–H groups in total. The van der Waals surface area contributed by atoms with Crippen molar-refractivity contribution in [2.24, 2.45) is 10.7 Å². The molecule has 0 amide bonds. The van der Waals surface area contributed by atoms with E-state index < -0.39 is 0 Å². The van der Waals surface area contributed by atoms with Crippen LogP contribution in [0.15, 0.2) is 34.2 Å². The first-order chi connectivity index (χ1) is 11.2. The molecule has 0 aliphatic carbocycles. The largest absolute Gasteiger partial charge is 0.379 e. The first kappa shape index (κ1) is 21.8. The molecule has 0 spiro atoms. The molecule has 1 heterocycles. The molecular formula is C16H26ClIN4OS. The lowest BCUT2D eigenvalue weighted by Crippen LogP contribution is -2.37. The van der Waals surface area contributed by atoms with E-state index in [1.54, 1.807) is 11.8 Å². The predicted molar refractivity (Wildman–Crippen MR) is 114 cm³/mol. The molecule has 24 heavy (non-hydrogen) atoms. The number of nitrogens with two attached hydrogens (primary N) is 1. The normalized spacial score (nSPS) is 15.8. The summed E-state index contributed by atoms with van der Waals surface area (Å²) in [5, 5.41) is 3.91. The van der Waals surface area contributed by atoms with Crippen LogP contribution in [0.1, 0.15) is 6.42 Å². The summed E-state index contributed by atoms with van der Waals surface area (Å²) in [5.74, 6) is 1.47. The number of hydrogen-bond acceptors (Lipinski definition) is 4. The van der Waals surface area contributed by atoms with E-state index in [0.717, 1.165) is 63.1 Å². The van der Waals surface area contributed by atoms with Crippen molar-refractivity contribution in [3.8, 4) is 0 Å². The summed E-state index contributed by atoms with van der Waals surface area (Å²) < 4.78 is 5.33. The maximum Gasteiger partial charge on any atom is 0.188 e. The molecular weight excluding hydrogens is 459 g/mol. The number of nitrogens with zero attached hydrogens (tertiary/aromatic N) is 2. The van der Waals surface area contributed by atoms with E-state index in [9.17, 15) is 0 Å². The van der Waals surface area contributed by atoms with Crippen LogP contribution in [-0.2, 0) is 4.74 Å². The SMILES string of the molecule is I.NC(=NCCCN1CCOCC1)NCCSc1ccc(Cl)cc1. The second-order valence-electron chi connectivity index (χ2n) is 5.30. The average molecular weight is 485 g/mol. The molecule has 5 nitrogen and oxygen atoms in total. The topological polar surface area (TPSA) is 62.9 Å². The highest BCUT2D eigenvalue weighted by atomic mass is 127. The lowest BCUT2D eigenvalue weighted by Gasteiger charge is -2.26. The van der Waals surface area contributed by atoms with Gasteiger partial charge in [0, 0.05) is 48.4 Å². The van der Waals surface area contributed by atoms with Crippen molar-refractivity contribution in [3.05, 3.63) is 29.3 Å². The van der Waals surface area contributed by atoms with Crippen LogP contribution in [0, 0.1) is 0 Å². The van der Waals surface area contributed by atoms with Crippen LogP contribution in [0.5, 0.6) is 0 Å². The molecule has 1 fully saturated rings. The third kappa shape index (κ3) is 9.31. The van der Waals surface area contributed by atoms with Gasteiger partial charge in [-0.25, -0.2) is 0 Å². The average Bonchev–Trinajstić information content (AvgIpc) is 2.58. The van der Waals surface area contributed by atoms with E-state index >= 15 is 0 Å². The van der Waals surface area contributed by atoms with Gasteiger partial charge in [-0.05, 0) is 30.7 Å². The molecule has 1 aromatic carbocycles. The fourth-order valence-corrected chi connectivity index (χ4v) is 3.15. The van der Waals surface area contributed by atoms with Crippen molar-refractivity contribution < 1.29 is 4.74 Å². The Morgan fingerprint density at radius 1 is 1.29 bits per heavy atom. The first-order valence-electron chi connectivity index (χ1n) is 7.96. The van der Waals surface area contributed by atoms with Crippen LogP contribution in [0.2, 0.25) is 5.02 Å². The van der Waals surface area contributed by atoms with E-state index in [1.807, 2.05) is 24.3 Å². The zero-order chi connectivity index (χ0) is 16.3. The van der Waals surface area contributed by atoms with Crippen molar-refractivity contribution >= 4 is 53.3 Å². The molecule has 2 rings (SSSR count). The van der Waals surface area contributed by atoms with Gasteiger partial charge in [0.15, 0.2) is 5.96 Å². The smallest absolute Gasteiger partial charge is 0.188 e. The molecule has 1 aliphatic heterocycles. The van der Waals surface area contributed by atoms with Crippen molar-refractivity contribution in [1.82, 2.24) is 10.2 Å². The molecule has 8 heteroatoms. The van der Waals surface area contributed by atoms with E-state index in [2.05, 4.69) is 15.2 Å². The fourth-order valence-electron chi connectivity index (χ4n) is 2.25. The number of aliphatic imine (C=N–C) groups is 1. The second-order valence-corrected chi connectivity index (χ2v) is 6.91. The fraction of sp³-hybridized carbons (Fsp3) is 0.562. The van der Waals surface area contributed by atoms with Gasteiger partial charge < -0.3 is 15.8 Å². The quantitative estimate of drug-likeness (QED) is 0.195. The first-order valence-corrected chi connectivity index (χ1v) is 9.32. The van der Waals surface area contributed by atoms with Crippen molar-refractivity contribution in [2.75, 3.05) is 51.7 Å². The third-order valence-corrected chi connectivity index (χ3v) is 4.77. The second kappa shape index (κ2) is 13.0. The number of morpholine rings is 1. The zero-order valence-corrected chi connectivity index (χ0v) is 17.7.